The van der Waals surface area contributed by atoms with Crippen LogP contribution in [-0.2, 0) is 16.0 Å². The number of nitro groups is 1. The van der Waals surface area contributed by atoms with Crippen molar-refractivity contribution in [1.29, 1.82) is 0 Å². The largest absolute Gasteiger partial charge is 0.472 e. The number of hydrogen-bond donors (Lipinski definition) is 0. The molecule has 0 aromatic heterocycles. The fourth-order valence-electron chi connectivity index (χ4n) is 1.43. The van der Waals surface area contributed by atoms with E-state index in [2.05, 4.69) is 4.74 Å². The molecule has 0 spiro atoms. The van der Waals surface area contributed by atoms with Crippen LogP contribution in [0.3, 0.4) is 0 Å². The number of hydrogen-bond acceptors (Lipinski definition) is 5. The first-order valence-electron chi connectivity index (χ1n) is 5.51. The molecular formula is C12H15NO5. The molecule has 0 saturated carbocycles. The molecule has 0 bridgehead atoms. The average Bonchev–Trinajstić information content (AvgIpc) is 2.37. The lowest BCUT2D eigenvalue weighted by Gasteiger charge is -2.12. The molecule has 6 nitrogen and oxygen atoms in total. The second kappa shape index (κ2) is 6.00. The predicted octanol–water partition coefficient (Wildman–Crippen LogP) is 2.10. The van der Waals surface area contributed by atoms with Crippen molar-refractivity contribution in [3.05, 3.63) is 33.9 Å². The molecule has 98 valence electrons. The predicted molar refractivity (Wildman–Crippen MR) is 64.6 cm³/mol. The molecule has 0 fully saturated rings. The Balaban J connectivity index is 3.01. The van der Waals surface area contributed by atoms with Crippen LogP contribution in [0.25, 0.3) is 0 Å². The Labute approximate surface area is 105 Å². The molecular weight excluding hydrogens is 238 g/mol. The van der Waals surface area contributed by atoms with E-state index in [1.54, 1.807) is 6.07 Å². The van der Waals surface area contributed by atoms with Crippen molar-refractivity contribution in [3.8, 4) is 5.75 Å². The van der Waals surface area contributed by atoms with Crippen LogP contribution < -0.4 is 4.74 Å². The average molecular weight is 253 g/mol. The third-order valence-corrected chi connectivity index (χ3v) is 2.47. The Morgan fingerprint density at radius 1 is 1.50 bits per heavy atom. The summed E-state index contributed by atoms with van der Waals surface area (Å²) in [6.07, 6.45) is -0.200. The van der Waals surface area contributed by atoms with E-state index in [-0.39, 0.29) is 11.4 Å². The minimum absolute atomic E-state index is 0.0649. The van der Waals surface area contributed by atoms with Crippen LogP contribution >= 0.6 is 0 Å². The minimum Gasteiger partial charge on any atom is -0.472 e. The summed E-state index contributed by atoms with van der Waals surface area (Å²) in [5.74, 6) is -0.515. The Hall–Kier alpha value is -2.11. The van der Waals surface area contributed by atoms with Gasteiger partial charge in [-0.1, -0.05) is 13.0 Å². The van der Waals surface area contributed by atoms with Gasteiger partial charge in [-0.05, 0) is 25.0 Å². The highest BCUT2D eigenvalue weighted by Crippen LogP contribution is 2.29. The molecule has 18 heavy (non-hydrogen) atoms. The molecule has 1 rings (SSSR count). The lowest BCUT2D eigenvalue weighted by atomic mass is 10.1. The maximum atomic E-state index is 11.2. The topological polar surface area (TPSA) is 78.7 Å². The smallest absolute Gasteiger partial charge is 0.346 e. The Bertz CT molecular complexity index is 458. The first kappa shape index (κ1) is 14.0. The second-order valence-electron chi connectivity index (χ2n) is 3.70. The zero-order valence-corrected chi connectivity index (χ0v) is 10.5. The Kier molecular flexibility index (Phi) is 4.65. The number of carbonyl (C=O) groups is 1. The molecule has 0 radical (unpaired) electrons. The second-order valence-corrected chi connectivity index (χ2v) is 3.70. The lowest BCUT2D eigenvalue weighted by Crippen LogP contribution is -2.25. The lowest BCUT2D eigenvalue weighted by molar-refractivity contribution is -0.386. The van der Waals surface area contributed by atoms with Crippen molar-refractivity contribution in [2.24, 2.45) is 0 Å². The third kappa shape index (κ3) is 3.19. The van der Waals surface area contributed by atoms with Gasteiger partial charge in [0.15, 0.2) is 11.9 Å². The zero-order chi connectivity index (χ0) is 13.7. The van der Waals surface area contributed by atoms with Gasteiger partial charge in [0.05, 0.1) is 12.0 Å². The van der Waals surface area contributed by atoms with Crippen LogP contribution in [-0.4, -0.2) is 24.1 Å². The molecule has 0 aliphatic carbocycles. The molecule has 6 heteroatoms. The zero-order valence-electron chi connectivity index (χ0n) is 10.5. The Morgan fingerprint density at radius 3 is 2.67 bits per heavy atom. The number of esters is 1. The third-order valence-electron chi connectivity index (χ3n) is 2.47. The molecule has 0 saturated heterocycles. The van der Waals surface area contributed by atoms with Gasteiger partial charge in [0, 0.05) is 6.07 Å². The number of nitro benzene ring substituents is 1. The molecule has 1 aromatic rings. The van der Waals surface area contributed by atoms with Crippen molar-refractivity contribution in [2.45, 2.75) is 26.4 Å². The number of carbonyl (C=O) groups excluding carboxylic acids is 1. The van der Waals surface area contributed by atoms with Gasteiger partial charge in [-0.15, -0.1) is 0 Å². The van der Waals surface area contributed by atoms with Gasteiger partial charge in [-0.25, -0.2) is 4.79 Å². The molecule has 0 aliphatic rings. The van der Waals surface area contributed by atoms with Crippen LogP contribution in [0.5, 0.6) is 5.75 Å². The van der Waals surface area contributed by atoms with E-state index in [9.17, 15) is 14.9 Å². The fourth-order valence-corrected chi connectivity index (χ4v) is 1.43. The molecule has 1 atom stereocenters. The number of benzene rings is 1. The van der Waals surface area contributed by atoms with Gasteiger partial charge in [-0.3, -0.25) is 10.1 Å². The number of ether oxygens (including phenoxy) is 2. The van der Waals surface area contributed by atoms with Gasteiger partial charge >= 0.3 is 11.7 Å². The molecule has 1 aromatic carbocycles. The van der Waals surface area contributed by atoms with Crippen molar-refractivity contribution >= 4 is 11.7 Å². The highest BCUT2D eigenvalue weighted by molar-refractivity contribution is 5.74. The van der Waals surface area contributed by atoms with Crippen LogP contribution in [0, 0.1) is 10.1 Å². The van der Waals surface area contributed by atoms with E-state index >= 15 is 0 Å². The summed E-state index contributed by atoms with van der Waals surface area (Å²) in [5, 5.41) is 10.9. The SMILES string of the molecule is CCc1ccc(OC(C)C(=O)OC)c([N+](=O)[O-])c1. The highest BCUT2D eigenvalue weighted by atomic mass is 16.6. The quantitative estimate of drug-likeness (QED) is 0.456. The Morgan fingerprint density at radius 2 is 2.17 bits per heavy atom. The van der Waals surface area contributed by atoms with Crippen LogP contribution in [0.4, 0.5) is 5.69 Å². The molecule has 1 unspecified atom stereocenters. The van der Waals surface area contributed by atoms with E-state index in [4.69, 9.17) is 4.74 Å². The van der Waals surface area contributed by atoms with E-state index < -0.39 is 17.0 Å². The van der Waals surface area contributed by atoms with Crippen molar-refractivity contribution in [1.82, 2.24) is 0 Å². The number of methoxy groups -OCH3 is 1. The first-order valence-corrected chi connectivity index (χ1v) is 5.51. The molecule has 0 aliphatic heterocycles. The first-order chi connectivity index (χ1) is 8.49. The van der Waals surface area contributed by atoms with Gasteiger partial charge in [0.1, 0.15) is 0 Å². The molecule has 0 heterocycles. The summed E-state index contributed by atoms with van der Waals surface area (Å²) in [6, 6.07) is 4.67. The van der Waals surface area contributed by atoms with E-state index in [0.29, 0.717) is 6.42 Å². The fraction of sp³-hybridized carbons (Fsp3) is 0.417. The van der Waals surface area contributed by atoms with Gasteiger partial charge in [0.25, 0.3) is 0 Å². The van der Waals surface area contributed by atoms with Crippen molar-refractivity contribution in [3.63, 3.8) is 0 Å². The summed E-state index contributed by atoms with van der Waals surface area (Å²) >= 11 is 0. The molecule has 0 amide bonds. The van der Waals surface area contributed by atoms with Gasteiger partial charge < -0.3 is 9.47 Å². The molecule has 0 N–H and O–H groups in total. The van der Waals surface area contributed by atoms with Crippen molar-refractivity contribution in [2.75, 3.05) is 7.11 Å². The van der Waals surface area contributed by atoms with Gasteiger partial charge in [-0.2, -0.15) is 0 Å². The summed E-state index contributed by atoms with van der Waals surface area (Å²) in [7, 11) is 1.23. The van der Waals surface area contributed by atoms with Crippen molar-refractivity contribution < 1.29 is 19.2 Å². The summed E-state index contributed by atoms with van der Waals surface area (Å²) in [6.45, 7) is 3.37. The minimum atomic E-state index is -0.888. The normalized spacial score (nSPS) is 11.7. The highest BCUT2D eigenvalue weighted by Gasteiger charge is 2.21. The monoisotopic (exact) mass is 253 g/mol. The summed E-state index contributed by atoms with van der Waals surface area (Å²) in [4.78, 5) is 21.6. The standard InChI is InChI=1S/C12H15NO5/c1-4-9-5-6-11(10(7-9)13(15)16)18-8(2)12(14)17-3/h5-8H,4H2,1-3H3. The maximum Gasteiger partial charge on any atom is 0.346 e. The van der Waals surface area contributed by atoms with E-state index in [1.165, 1.54) is 26.2 Å². The number of rotatable bonds is 5. The summed E-state index contributed by atoms with van der Waals surface area (Å²) < 4.78 is 9.74. The van der Waals surface area contributed by atoms with Crippen LogP contribution in [0.2, 0.25) is 0 Å². The number of aryl methyl sites for hydroxylation is 1. The van der Waals surface area contributed by atoms with Crippen LogP contribution in [0.15, 0.2) is 18.2 Å². The van der Waals surface area contributed by atoms with Gasteiger partial charge in [0.2, 0.25) is 0 Å². The summed E-state index contributed by atoms with van der Waals surface area (Å²) in [5.41, 5.74) is 0.685. The number of nitrogens with zero attached hydrogens (tertiary/aromatic N) is 1. The van der Waals surface area contributed by atoms with E-state index in [0.717, 1.165) is 5.56 Å². The maximum absolute atomic E-state index is 11.2. The van der Waals surface area contributed by atoms with E-state index in [1.807, 2.05) is 6.92 Å². The van der Waals surface area contributed by atoms with Crippen LogP contribution in [0.1, 0.15) is 19.4 Å².